The standard InChI is InChI=1S/C10H10BNO6/c13-10(14)8-3-2-7(6-9(8)12(15)16)11-17-4-1-5-18-11/h2-3,6H,1,4-5H2,(H,13,14). The summed E-state index contributed by atoms with van der Waals surface area (Å²) in [5.41, 5.74) is -0.358. The smallest absolute Gasteiger partial charge is 0.477 e. The zero-order valence-electron chi connectivity index (χ0n) is 9.37. The summed E-state index contributed by atoms with van der Waals surface area (Å²) >= 11 is 0. The molecule has 1 aromatic rings. The van der Waals surface area contributed by atoms with Crippen molar-refractivity contribution in [3.8, 4) is 0 Å². The van der Waals surface area contributed by atoms with E-state index < -0.39 is 23.7 Å². The van der Waals surface area contributed by atoms with Crippen molar-refractivity contribution in [1.82, 2.24) is 0 Å². The normalized spacial score (nSPS) is 15.4. The largest absolute Gasteiger partial charge is 0.494 e. The summed E-state index contributed by atoms with van der Waals surface area (Å²) in [5.74, 6) is -1.33. The topological polar surface area (TPSA) is 98.9 Å². The van der Waals surface area contributed by atoms with Crippen molar-refractivity contribution in [2.24, 2.45) is 0 Å². The van der Waals surface area contributed by atoms with Crippen LogP contribution in [0.2, 0.25) is 0 Å². The van der Waals surface area contributed by atoms with Crippen LogP contribution >= 0.6 is 0 Å². The highest BCUT2D eigenvalue weighted by Crippen LogP contribution is 2.17. The molecule has 1 N–H and O–H groups in total. The highest BCUT2D eigenvalue weighted by Gasteiger charge is 2.28. The number of carbonyl (C=O) groups is 1. The van der Waals surface area contributed by atoms with E-state index in [9.17, 15) is 14.9 Å². The van der Waals surface area contributed by atoms with E-state index >= 15 is 0 Å². The number of hydrogen-bond acceptors (Lipinski definition) is 5. The van der Waals surface area contributed by atoms with Crippen LogP contribution in [-0.2, 0) is 9.31 Å². The maximum atomic E-state index is 10.8. The van der Waals surface area contributed by atoms with Gasteiger partial charge in [0.15, 0.2) is 0 Å². The first-order valence-corrected chi connectivity index (χ1v) is 5.34. The van der Waals surface area contributed by atoms with Gasteiger partial charge in [-0.2, -0.15) is 0 Å². The van der Waals surface area contributed by atoms with E-state index in [1.54, 1.807) is 0 Å². The van der Waals surface area contributed by atoms with E-state index in [4.69, 9.17) is 14.4 Å². The lowest BCUT2D eigenvalue weighted by Crippen LogP contribution is -2.41. The van der Waals surface area contributed by atoms with E-state index in [1.807, 2.05) is 0 Å². The van der Waals surface area contributed by atoms with E-state index in [0.29, 0.717) is 18.7 Å². The number of nitro groups is 1. The second-order valence-electron chi connectivity index (χ2n) is 3.77. The number of benzene rings is 1. The van der Waals surface area contributed by atoms with Crippen molar-refractivity contribution < 1.29 is 24.1 Å². The first kappa shape index (κ1) is 12.5. The van der Waals surface area contributed by atoms with Gasteiger partial charge in [0.2, 0.25) is 0 Å². The molecule has 1 aliphatic rings. The molecule has 0 bridgehead atoms. The maximum absolute atomic E-state index is 10.8. The fourth-order valence-corrected chi connectivity index (χ4v) is 1.71. The Morgan fingerprint density at radius 3 is 2.61 bits per heavy atom. The van der Waals surface area contributed by atoms with Gasteiger partial charge in [0.25, 0.3) is 5.69 Å². The molecule has 0 aliphatic carbocycles. The third-order valence-electron chi connectivity index (χ3n) is 2.55. The summed E-state index contributed by atoms with van der Waals surface area (Å²) in [7, 11) is -0.666. The third kappa shape index (κ3) is 2.49. The highest BCUT2D eigenvalue weighted by atomic mass is 16.6. The number of nitro benzene ring substituents is 1. The number of rotatable bonds is 3. The van der Waals surface area contributed by atoms with Crippen molar-refractivity contribution in [3.05, 3.63) is 33.9 Å². The fourth-order valence-electron chi connectivity index (χ4n) is 1.71. The van der Waals surface area contributed by atoms with Crippen LogP contribution in [0.5, 0.6) is 0 Å². The molecule has 0 atom stereocenters. The summed E-state index contributed by atoms with van der Waals surface area (Å²) in [6.07, 6.45) is 0.770. The minimum atomic E-state index is -1.33. The van der Waals surface area contributed by atoms with Crippen LogP contribution in [0, 0.1) is 10.1 Å². The molecular formula is C10H10BNO6. The predicted molar refractivity (Wildman–Crippen MR) is 62.0 cm³/mol. The number of carboxylic acid groups (broad SMARTS) is 1. The van der Waals surface area contributed by atoms with E-state index in [1.165, 1.54) is 18.2 Å². The molecule has 8 heteroatoms. The Bertz CT molecular complexity index is 485. The number of nitrogens with zero attached hydrogens (tertiary/aromatic N) is 1. The molecule has 1 aliphatic heterocycles. The van der Waals surface area contributed by atoms with Gasteiger partial charge >= 0.3 is 13.1 Å². The van der Waals surface area contributed by atoms with Crippen LogP contribution in [0.25, 0.3) is 0 Å². The monoisotopic (exact) mass is 251 g/mol. The summed E-state index contributed by atoms with van der Waals surface area (Å²) in [4.78, 5) is 20.9. The van der Waals surface area contributed by atoms with Gasteiger partial charge in [-0.15, -0.1) is 0 Å². The van der Waals surface area contributed by atoms with Crippen molar-refractivity contribution in [3.63, 3.8) is 0 Å². The van der Waals surface area contributed by atoms with E-state index in [-0.39, 0.29) is 5.56 Å². The highest BCUT2D eigenvalue weighted by molar-refractivity contribution is 6.61. The Labute approximate surface area is 103 Å². The predicted octanol–water partition coefficient (Wildman–Crippen LogP) is 0.425. The van der Waals surface area contributed by atoms with Crippen molar-refractivity contribution in [2.45, 2.75) is 6.42 Å². The average molecular weight is 251 g/mol. The zero-order chi connectivity index (χ0) is 13.1. The summed E-state index contributed by atoms with van der Waals surface area (Å²) < 4.78 is 10.6. The Morgan fingerprint density at radius 2 is 2.06 bits per heavy atom. The van der Waals surface area contributed by atoms with E-state index in [0.717, 1.165) is 6.42 Å². The molecule has 94 valence electrons. The van der Waals surface area contributed by atoms with Gasteiger partial charge < -0.3 is 14.4 Å². The molecule has 0 radical (unpaired) electrons. The van der Waals surface area contributed by atoms with Crippen molar-refractivity contribution in [2.75, 3.05) is 13.2 Å². The number of hydrogen-bond donors (Lipinski definition) is 1. The molecule has 18 heavy (non-hydrogen) atoms. The molecule has 1 heterocycles. The van der Waals surface area contributed by atoms with Gasteiger partial charge in [-0.3, -0.25) is 10.1 Å². The van der Waals surface area contributed by atoms with Crippen LogP contribution in [0.15, 0.2) is 18.2 Å². The van der Waals surface area contributed by atoms with Gasteiger partial charge in [-0.05, 0) is 17.9 Å². The number of aromatic carboxylic acids is 1. The average Bonchev–Trinajstić information content (AvgIpc) is 2.39. The molecule has 1 aromatic carbocycles. The second kappa shape index (κ2) is 5.15. The van der Waals surface area contributed by atoms with Crippen LogP contribution in [-0.4, -0.2) is 36.3 Å². The lowest BCUT2D eigenvalue weighted by Gasteiger charge is -2.19. The molecule has 0 saturated carbocycles. The Balaban J connectivity index is 2.36. The van der Waals surface area contributed by atoms with Crippen LogP contribution in [0.4, 0.5) is 5.69 Å². The minimum Gasteiger partial charge on any atom is -0.477 e. The molecule has 0 spiro atoms. The van der Waals surface area contributed by atoms with Crippen LogP contribution in [0.1, 0.15) is 16.8 Å². The SMILES string of the molecule is O=C(O)c1ccc(B2OCCCO2)cc1[N+](=O)[O-]. The Kier molecular flexibility index (Phi) is 3.59. The quantitative estimate of drug-likeness (QED) is 0.475. The van der Waals surface area contributed by atoms with Gasteiger partial charge in [0.05, 0.1) is 4.92 Å². The summed E-state index contributed by atoms with van der Waals surface area (Å²) in [6, 6.07) is 3.84. The molecule has 2 rings (SSSR count). The Hall–Kier alpha value is -1.93. The number of carboxylic acids is 1. The second-order valence-corrected chi connectivity index (χ2v) is 3.77. The zero-order valence-corrected chi connectivity index (χ0v) is 9.37. The molecular weight excluding hydrogens is 241 g/mol. The first-order valence-electron chi connectivity index (χ1n) is 5.34. The van der Waals surface area contributed by atoms with Gasteiger partial charge in [0.1, 0.15) is 5.56 Å². The lowest BCUT2D eigenvalue weighted by atomic mass is 9.77. The molecule has 1 fully saturated rings. The first-order chi connectivity index (χ1) is 8.59. The maximum Gasteiger partial charge on any atom is 0.494 e. The van der Waals surface area contributed by atoms with E-state index in [2.05, 4.69) is 0 Å². The van der Waals surface area contributed by atoms with Gasteiger partial charge in [0, 0.05) is 19.3 Å². The third-order valence-corrected chi connectivity index (χ3v) is 2.55. The minimum absolute atomic E-state index is 0.348. The summed E-state index contributed by atoms with van der Waals surface area (Å²) in [6.45, 7) is 1.03. The Morgan fingerprint density at radius 1 is 1.39 bits per heavy atom. The molecule has 7 nitrogen and oxygen atoms in total. The van der Waals surface area contributed by atoms with Crippen LogP contribution < -0.4 is 5.46 Å². The summed E-state index contributed by atoms with van der Waals surface area (Å²) in [5, 5.41) is 19.7. The van der Waals surface area contributed by atoms with Crippen molar-refractivity contribution >= 4 is 24.2 Å². The van der Waals surface area contributed by atoms with Gasteiger partial charge in [-0.1, -0.05) is 6.07 Å². The fraction of sp³-hybridized carbons (Fsp3) is 0.300. The van der Waals surface area contributed by atoms with Gasteiger partial charge in [-0.25, -0.2) is 4.79 Å². The molecule has 0 unspecified atom stereocenters. The molecule has 0 aromatic heterocycles. The van der Waals surface area contributed by atoms with Crippen LogP contribution in [0.3, 0.4) is 0 Å². The molecule has 1 saturated heterocycles. The molecule has 0 amide bonds. The lowest BCUT2D eigenvalue weighted by molar-refractivity contribution is -0.385. The van der Waals surface area contributed by atoms with Crippen molar-refractivity contribution in [1.29, 1.82) is 0 Å².